The highest BCUT2D eigenvalue weighted by molar-refractivity contribution is 5.76. The Balaban J connectivity index is 1.33. The molecule has 2 fully saturated rings. The summed E-state index contributed by atoms with van der Waals surface area (Å²) in [6, 6.07) is 7.61. The second kappa shape index (κ2) is 6.63. The number of hydrogen-bond acceptors (Lipinski definition) is 4. The van der Waals surface area contributed by atoms with E-state index in [1.54, 1.807) is 0 Å². The summed E-state index contributed by atoms with van der Waals surface area (Å²) >= 11 is 0. The Kier molecular flexibility index (Phi) is 4.35. The van der Waals surface area contributed by atoms with Gasteiger partial charge < -0.3 is 19.7 Å². The zero-order chi connectivity index (χ0) is 16.5. The van der Waals surface area contributed by atoms with Crippen LogP contribution in [0.3, 0.4) is 0 Å². The second-order valence-electron chi connectivity index (χ2n) is 7.25. The first kappa shape index (κ1) is 15.8. The van der Waals surface area contributed by atoms with Crippen molar-refractivity contribution in [2.24, 2.45) is 0 Å². The van der Waals surface area contributed by atoms with Gasteiger partial charge in [-0.05, 0) is 49.8 Å². The Morgan fingerprint density at radius 3 is 2.62 bits per heavy atom. The summed E-state index contributed by atoms with van der Waals surface area (Å²) in [5, 5.41) is 3.64. The molecule has 2 bridgehead atoms. The van der Waals surface area contributed by atoms with Crippen LogP contribution in [0.2, 0.25) is 0 Å². The van der Waals surface area contributed by atoms with Crippen molar-refractivity contribution in [1.29, 1.82) is 0 Å². The first-order valence-corrected chi connectivity index (χ1v) is 9.09. The molecule has 24 heavy (non-hydrogen) atoms. The van der Waals surface area contributed by atoms with E-state index in [0.717, 1.165) is 36.3 Å². The number of benzene rings is 1. The SMILES string of the molecule is CN(C(=O)CCc1ccc2c(c1)OCCO2)C1CC2CCC(C1)N2. The Labute approximate surface area is 143 Å². The Bertz CT molecular complexity index is 607. The number of nitrogens with one attached hydrogen (secondary N) is 1. The first-order valence-electron chi connectivity index (χ1n) is 9.09. The summed E-state index contributed by atoms with van der Waals surface area (Å²) in [7, 11) is 1.97. The van der Waals surface area contributed by atoms with Crippen LogP contribution in [-0.2, 0) is 11.2 Å². The van der Waals surface area contributed by atoms with Gasteiger partial charge in [0.25, 0.3) is 0 Å². The van der Waals surface area contributed by atoms with E-state index in [-0.39, 0.29) is 5.91 Å². The summed E-state index contributed by atoms with van der Waals surface area (Å²) < 4.78 is 11.2. The fraction of sp³-hybridized carbons (Fsp3) is 0.632. The van der Waals surface area contributed by atoms with Crippen LogP contribution in [0.5, 0.6) is 11.5 Å². The van der Waals surface area contributed by atoms with Gasteiger partial charge >= 0.3 is 0 Å². The molecule has 0 aliphatic carbocycles. The molecule has 0 saturated carbocycles. The molecule has 5 heteroatoms. The van der Waals surface area contributed by atoms with E-state index >= 15 is 0 Å². The number of fused-ring (bicyclic) bond motifs is 3. The van der Waals surface area contributed by atoms with Crippen molar-refractivity contribution in [3.63, 3.8) is 0 Å². The lowest BCUT2D eigenvalue weighted by Crippen LogP contribution is -2.48. The standard InChI is InChI=1S/C19H26N2O3/c1-21(16-11-14-4-5-15(12-16)20-14)19(22)7-3-13-2-6-17-18(10-13)24-9-8-23-17/h2,6,10,14-16,20H,3-5,7-9,11-12H2,1H3. The van der Waals surface area contributed by atoms with E-state index in [0.29, 0.717) is 37.8 Å². The van der Waals surface area contributed by atoms with Gasteiger partial charge in [0, 0.05) is 31.6 Å². The van der Waals surface area contributed by atoms with E-state index in [1.165, 1.54) is 12.8 Å². The number of ether oxygens (including phenoxy) is 2. The highest BCUT2D eigenvalue weighted by Gasteiger charge is 2.36. The van der Waals surface area contributed by atoms with Gasteiger partial charge in [0.05, 0.1) is 0 Å². The molecule has 1 N–H and O–H groups in total. The average molecular weight is 330 g/mol. The molecule has 2 unspecified atom stereocenters. The number of amides is 1. The largest absolute Gasteiger partial charge is 0.486 e. The average Bonchev–Trinajstić information content (AvgIpc) is 2.96. The molecule has 1 amide bonds. The van der Waals surface area contributed by atoms with Gasteiger partial charge in [-0.2, -0.15) is 0 Å². The molecule has 5 nitrogen and oxygen atoms in total. The smallest absolute Gasteiger partial charge is 0.222 e. The minimum Gasteiger partial charge on any atom is -0.486 e. The molecule has 2 saturated heterocycles. The fourth-order valence-electron chi connectivity index (χ4n) is 4.22. The van der Waals surface area contributed by atoms with Gasteiger partial charge in [0.2, 0.25) is 5.91 Å². The molecule has 3 aliphatic heterocycles. The third-order valence-corrected chi connectivity index (χ3v) is 5.62. The number of hydrogen-bond donors (Lipinski definition) is 1. The second-order valence-corrected chi connectivity index (χ2v) is 7.25. The highest BCUT2D eigenvalue weighted by atomic mass is 16.6. The van der Waals surface area contributed by atoms with Crippen LogP contribution in [0.4, 0.5) is 0 Å². The molecule has 1 aromatic rings. The molecule has 0 radical (unpaired) electrons. The van der Waals surface area contributed by atoms with Crippen molar-refractivity contribution in [1.82, 2.24) is 10.2 Å². The van der Waals surface area contributed by atoms with Crippen LogP contribution < -0.4 is 14.8 Å². The van der Waals surface area contributed by atoms with Crippen molar-refractivity contribution in [3.05, 3.63) is 23.8 Å². The summed E-state index contributed by atoms with van der Waals surface area (Å²) in [4.78, 5) is 14.6. The molecular weight excluding hydrogens is 304 g/mol. The van der Waals surface area contributed by atoms with E-state index in [9.17, 15) is 4.79 Å². The lowest BCUT2D eigenvalue weighted by molar-refractivity contribution is -0.132. The molecule has 1 aromatic carbocycles. The maximum Gasteiger partial charge on any atom is 0.222 e. The summed E-state index contributed by atoms with van der Waals surface area (Å²) in [6.45, 7) is 1.20. The quantitative estimate of drug-likeness (QED) is 0.919. The van der Waals surface area contributed by atoms with Gasteiger partial charge in [-0.25, -0.2) is 0 Å². The van der Waals surface area contributed by atoms with Crippen molar-refractivity contribution >= 4 is 5.91 Å². The van der Waals surface area contributed by atoms with Gasteiger partial charge in [0.1, 0.15) is 13.2 Å². The lowest BCUT2D eigenvalue weighted by atomic mass is 9.98. The minimum absolute atomic E-state index is 0.246. The summed E-state index contributed by atoms with van der Waals surface area (Å²) in [5.74, 6) is 1.85. The van der Waals surface area contributed by atoms with Crippen LogP contribution >= 0.6 is 0 Å². The van der Waals surface area contributed by atoms with Gasteiger partial charge in [-0.1, -0.05) is 6.07 Å². The van der Waals surface area contributed by atoms with Crippen LogP contribution in [0.25, 0.3) is 0 Å². The number of carbonyl (C=O) groups is 1. The van der Waals surface area contributed by atoms with Crippen molar-refractivity contribution in [2.75, 3.05) is 20.3 Å². The molecule has 3 heterocycles. The van der Waals surface area contributed by atoms with Crippen molar-refractivity contribution in [3.8, 4) is 11.5 Å². The van der Waals surface area contributed by atoms with E-state index in [2.05, 4.69) is 5.32 Å². The van der Waals surface area contributed by atoms with Crippen LogP contribution in [0, 0.1) is 0 Å². The lowest BCUT2D eigenvalue weighted by Gasteiger charge is -2.35. The van der Waals surface area contributed by atoms with Crippen molar-refractivity contribution in [2.45, 2.75) is 56.7 Å². The van der Waals surface area contributed by atoms with E-state index in [1.807, 2.05) is 30.1 Å². The maximum absolute atomic E-state index is 12.6. The van der Waals surface area contributed by atoms with E-state index < -0.39 is 0 Å². The fourth-order valence-corrected chi connectivity index (χ4v) is 4.22. The normalized spacial score (nSPS) is 27.8. The minimum atomic E-state index is 0.246. The van der Waals surface area contributed by atoms with E-state index in [4.69, 9.17) is 9.47 Å². The third-order valence-electron chi connectivity index (χ3n) is 5.62. The summed E-state index contributed by atoms with van der Waals surface area (Å²) in [6.07, 6.45) is 6.03. The van der Waals surface area contributed by atoms with Crippen molar-refractivity contribution < 1.29 is 14.3 Å². The molecule has 4 rings (SSSR count). The Morgan fingerprint density at radius 2 is 1.88 bits per heavy atom. The molecule has 130 valence electrons. The Hall–Kier alpha value is -1.75. The molecular formula is C19H26N2O3. The maximum atomic E-state index is 12.6. The zero-order valence-corrected chi connectivity index (χ0v) is 14.3. The van der Waals surface area contributed by atoms with Gasteiger partial charge in [0.15, 0.2) is 11.5 Å². The number of rotatable bonds is 4. The molecule has 3 aliphatic rings. The molecule has 0 aromatic heterocycles. The zero-order valence-electron chi connectivity index (χ0n) is 14.3. The third kappa shape index (κ3) is 3.22. The summed E-state index contributed by atoms with van der Waals surface area (Å²) in [5.41, 5.74) is 1.13. The predicted molar refractivity (Wildman–Crippen MR) is 91.5 cm³/mol. The Morgan fingerprint density at radius 1 is 1.17 bits per heavy atom. The molecule has 2 atom stereocenters. The van der Waals surface area contributed by atoms with Crippen LogP contribution in [0.15, 0.2) is 18.2 Å². The number of aryl methyl sites for hydroxylation is 1. The number of carbonyl (C=O) groups excluding carboxylic acids is 1. The molecule has 0 spiro atoms. The highest BCUT2D eigenvalue weighted by Crippen LogP contribution is 2.32. The monoisotopic (exact) mass is 330 g/mol. The van der Waals surface area contributed by atoms with Crippen LogP contribution in [-0.4, -0.2) is 49.2 Å². The predicted octanol–water partition coefficient (Wildman–Crippen LogP) is 2.13. The van der Waals surface area contributed by atoms with Crippen LogP contribution in [0.1, 0.15) is 37.7 Å². The number of nitrogens with zero attached hydrogens (tertiary/aromatic N) is 1. The van der Waals surface area contributed by atoms with Gasteiger partial charge in [-0.3, -0.25) is 4.79 Å². The first-order chi connectivity index (χ1) is 11.7. The number of piperidine rings is 1. The topological polar surface area (TPSA) is 50.8 Å². The van der Waals surface area contributed by atoms with Gasteiger partial charge in [-0.15, -0.1) is 0 Å².